The topological polar surface area (TPSA) is 84.7 Å². The molecule has 0 radical (unpaired) electrons. The standard InChI is InChI=1S/C18H18F3N3O3/c1-24(2)13-6-4-12(5-7-13)23-16(25)10-27-17(26)14-8-3-11(9-15(14)22)18(19,20)21/h3-9H,10,22H2,1-2H3,(H,23,25). The summed E-state index contributed by atoms with van der Waals surface area (Å²) < 4.78 is 42.6. The summed E-state index contributed by atoms with van der Waals surface area (Å²) in [5.41, 5.74) is 5.33. The van der Waals surface area contributed by atoms with Crippen molar-refractivity contribution in [3.05, 3.63) is 53.6 Å². The molecule has 2 aromatic rings. The maximum Gasteiger partial charge on any atom is 0.416 e. The molecule has 6 nitrogen and oxygen atoms in total. The summed E-state index contributed by atoms with van der Waals surface area (Å²) in [6.07, 6.45) is -4.57. The molecule has 9 heteroatoms. The maximum atomic E-state index is 12.6. The van der Waals surface area contributed by atoms with E-state index >= 15 is 0 Å². The number of halogens is 3. The first kappa shape index (κ1) is 20.1. The van der Waals surface area contributed by atoms with E-state index in [-0.39, 0.29) is 11.3 Å². The predicted octanol–water partition coefficient (Wildman–Crippen LogP) is 3.15. The van der Waals surface area contributed by atoms with E-state index in [1.807, 2.05) is 19.0 Å². The molecule has 0 aliphatic heterocycles. The summed E-state index contributed by atoms with van der Waals surface area (Å²) in [7, 11) is 3.75. The van der Waals surface area contributed by atoms with Crippen molar-refractivity contribution in [3.8, 4) is 0 Å². The van der Waals surface area contributed by atoms with Gasteiger partial charge in [0.25, 0.3) is 5.91 Å². The van der Waals surface area contributed by atoms with E-state index in [1.54, 1.807) is 24.3 Å². The molecule has 0 spiro atoms. The van der Waals surface area contributed by atoms with Crippen molar-refractivity contribution in [2.45, 2.75) is 6.18 Å². The molecule has 0 atom stereocenters. The predicted molar refractivity (Wildman–Crippen MR) is 95.5 cm³/mol. The normalized spacial score (nSPS) is 11.0. The maximum absolute atomic E-state index is 12.6. The van der Waals surface area contributed by atoms with Gasteiger partial charge in [0.15, 0.2) is 6.61 Å². The second-order valence-electron chi connectivity index (χ2n) is 5.87. The number of hydrogen-bond acceptors (Lipinski definition) is 5. The second kappa shape index (κ2) is 7.98. The summed E-state index contributed by atoms with van der Waals surface area (Å²) in [4.78, 5) is 25.7. The lowest BCUT2D eigenvalue weighted by molar-refractivity contribution is -0.137. The molecule has 3 N–H and O–H groups in total. The van der Waals surface area contributed by atoms with Gasteiger partial charge in [0.2, 0.25) is 0 Å². The van der Waals surface area contributed by atoms with E-state index in [4.69, 9.17) is 10.5 Å². The smallest absolute Gasteiger partial charge is 0.416 e. The van der Waals surface area contributed by atoms with Crippen LogP contribution in [0.1, 0.15) is 15.9 Å². The molecular weight excluding hydrogens is 363 g/mol. The first-order chi connectivity index (χ1) is 12.6. The molecule has 0 fully saturated rings. The van der Waals surface area contributed by atoms with Gasteiger partial charge in [0.1, 0.15) is 0 Å². The van der Waals surface area contributed by atoms with E-state index in [2.05, 4.69) is 5.32 Å². The van der Waals surface area contributed by atoms with Gasteiger partial charge < -0.3 is 20.7 Å². The van der Waals surface area contributed by atoms with Crippen LogP contribution in [0.2, 0.25) is 0 Å². The van der Waals surface area contributed by atoms with Gasteiger partial charge in [-0.15, -0.1) is 0 Å². The molecule has 0 saturated heterocycles. The van der Waals surface area contributed by atoms with Crippen LogP contribution in [0.4, 0.5) is 30.2 Å². The van der Waals surface area contributed by atoms with Crippen LogP contribution in [0.15, 0.2) is 42.5 Å². The monoisotopic (exact) mass is 381 g/mol. The van der Waals surface area contributed by atoms with Gasteiger partial charge in [0, 0.05) is 31.2 Å². The van der Waals surface area contributed by atoms with Crippen molar-refractivity contribution in [1.82, 2.24) is 0 Å². The Labute approximate surface area is 153 Å². The van der Waals surface area contributed by atoms with Crippen LogP contribution >= 0.6 is 0 Å². The van der Waals surface area contributed by atoms with Crippen LogP contribution < -0.4 is 16.0 Å². The van der Waals surface area contributed by atoms with Gasteiger partial charge >= 0.3 is 12.1 Å². The lowest BCUT2D eigenvalue weighted by atomic mass is 10.1. The highest BCUT2D eigenvalue weighted by Crippen LogP contribution is 2.31. The highest BCUT2D eigenvalue weighted by molar-refractivity contribution is 5.98. The van der Waals surface area contributed by atoms with E-state index in [9.17, 15) is 22.8 Å². The number of anilines is 3. The van der Waals surface area contributed by atoms with Gasteiger partial charge in [0.05, 0.1) is 11.1 Å². The zero-order valence-corrected chi connectivity index (χ0v) is 14.6. The lowest BCUT2D eigenvalue weighted by Gasteiger charge is -2.13. The van der Waals surface area contributed by atoms with Crippen molar-refractivity contribution in [2.75, 3.05) is 36.7 Å². The van der Waals surface area contributed by atoms with Crippen molar-refractivity contribution in [2.24, 2.45) is 0 Å². The largest absolute Gasteiger partial charge is 0.452 e. The van der Waals surface area contributed by atoms with E-state index < -0.39 is 30.2 Å². The number of hydrogen-bond donors (Lipinski definition) is 2. The average molecular weight is 381 g/mol. The summed E-state index contributed by atoms with van der Waals surface area (Å²) >= 11 is 0. The summed E-state index contributed by atoms with van der Waals surface area (Å²) in [5, 5.41) is 2.54. The Morgan fingerprint density at radius 1 is 1.11 bits per heavy atom. The number of nitrogens with zero attached hydrogens (tertiary/aromatic N) is 1. The average Bonchev–Trinajstić information content (AvgIpc) is 2.59. The third-order valence-electron chi connectivity index (χ3n) is 3.60. The number of nitrogens with two attached hydrogens (primary N) is 1. The van der Waals surface area contributed by atoms with Crippen molar-refractivity contribution < 1.29 is 27.5 Å². The van der Waals surface area contributed by atoms with Gasteiger partial charge in [-0.2, -0.15) is 13.2 Å². The molecule has 2 rings (SSSR count). The van der Waals surface area contributed by atoms with Gasteiger partial charge in [-0.05, 0) is 42.5 Å². The highest BCUT2D eigenvalue weighted by atomic mass is 19.4. The van der Waals surface area contributed by atoms with E-state index in [0.717, 1.165) is 17.8 Å². The molecular formula is C18H18F3N3O3. The molecule has 0 unspecified atom stereocenters. The molecule has 144 valence electrons. The molecule has 0 heterocycles. The molecule has 0 aliphatic rings. The Morgan fingerprint density at radius 3 is 2.26 bits per heavy atom. The zero-order chi connectivity index (χ0) is 20.2. The molecule has 0 aromatic heterocycles. The van der Waals surface area contributed by atoms with Crippen molar-refractivity contribution in [1.29, 1.82) is 0 Å². The van der Waals surface area contributed by atoms with Gasteiger partial charge in [-0.3, -0.25) is 4.79 Å². The fourth-order valence-electron chi connectivity index (χ4n) is 2.17. The van der Waals surface area contributed by atoms with E-state index in [1.165, 1.54) is 0 Å². The Bertz CT molecular complexity index is 834. The summed E-state index contributed by atoms with van der Waals surface area (Å²) in [5.74, 6) is -1.58. The second-order valence-corrected chi connectivity index (χ2v) is 5.87. The van der Waals surface area contributed by atoms with E-state index in [0.29, 0.717) is 11.8 Å². The minimum Gasteiger partial charge on any atom is -0.452 e. The Morgan fingerprint density at radius 2 is 1.74 bits per heavy atom. The number of carbonyl (C=O) groups is 2. The number of alkyl halides is 3. The molecule has 2 aromatic carbocycles. The molecule has 0 aliphatic carbocycles. The van der Waals surface area contributed by atoms with Crippen molar-refractivity contribution in [3.63, 3.8) is 0 Å². The van der Waals surface area contributed by atoms with Crippen LogP contribution in [-0.4, -0.2) is 32.6 Å². The number of rotatable bonds is 5. The highest BCUT2D eigenvalue weighted by Gasteiger charge is 2.31. The van der Waals surface area contributed by atoms with Gasteiger partial charge in [-0.25, -0.2) is 4.79 Å². The minimum atomic E-state index is -4.57. The third kappa shape index (κ3) is 5.37. The van der Waals surface area contributed by atoms with Crippen LogP contribution in [0.3, 0.4) is 0 Å². The van der Waals surface area contributed by atoms with Crippen LogP contribution in [0, 0.1) is 0 Å². The number of esters is 1. The van der Waals surface area contributed by atoms with Crippen molar-refractivity contribution >= 4 is 28.9 Å². The number of benzene rings is 2. The van der Waals surface area contributed by atoms with Gasteiger partial charge in [-0.1, -0.05) is 0 Å². The third-order valence-corrected chi connectivity index (χ3v) is 3.60. The zero-order valence-electron chi connectivity index (χ0n) is 14.6. The first-order valence-corrected chi connectivity index (χ1v) is 7.79. The minimum absolute atomic E-state index is 0.244. The number of ether oxygens (including phenoxy) is 1. The molecule has 27 heavy (non-hydrogen) atoms. The van der Waals surface area contributed by atoms with Crippen LogP contribution in [0.25, 0.3) is 0 Å². The number of carbonyl (C=O) groups excluding carboxylic acids is 2. The molecule has 0 bridgehead atoms. The first-order valence-electron chi connectivity index (χ1n) is 7.79. The Hall–Kier alpha value is -3.23. The van der Waals surface area contributed by atoms with Crippen LogP contribution in [0.5, 0.6) is 0 Å². The van der Waals surface area contributed by atoms with Crippen LogP contribution in [-0.2, 0) is 15.7 Å². The summed E-state index contributed by atoms with van der Waals surface area (Å²) in [6, 6.07) is 9.24. The summed E-state index contributed by atoms with van der Waals surface area (Å²) in [6.45, 7) is -0.602. The molecule has 0 saturated carbocycles. The fourth-order valence-corrected chi connectivity index (χ4v) is 2.17. The fraction of sp³-hybridized carbons (Fsp3) is 0.222. The quantitative estimate of drug-likeness (QED) is 0.614. The number of amides is 1. The molecule has 1 amide bonds. The lowest BCUT2D eigenvalue weighted by Crippen LogP contribution is -2.21. The number of nitrogen functional groups attached to an aromatic ring is 1. The Balaban J connectivity index is 1.94. The SMILES string of the molecule is CN(C)c1ccc(NC(=O)COC(=O)c2ccc(C(F)(F)F)cc2N)cc1. The number of nitrogens with one attached hydrogen (secondary N) is 1. The Kier molecular flexibility index (Phi) is 5.94.